The molecule has 0 aliphatic heterocycles. The Balaban J connectivity index is 2.57. The quantitative estimate of drug-likeness (QED) is 0.805. The molecule has 0 bridgehead atoms. The molecule has 0 aliphatic carbocycles. The molecule has 0 unspecified atom stereocenters. The summed E-state index contributed by atoms with van der Waals surface area (Å²) < 4.78 is 4.74. The van der Waals surface area contributed by atoms with Gasteiger partial charge in [0.2, 0.25) is 5.91 Å². The zero-order chi connectivity index (χ0) is 13.4. The van der Waals surface area contributed by atoms with Crippen LogP contribution in [0, 0.1) is 0 Å². The Bertz CT molecular complexity index is 438. The Labute approximate surface area is 106 Å². The number of anilines is 2. The lowest BCUT2D eigenvalue weighted by Gasteiger charge is -2.06. The number of hydrogen-bond donors (Lipinski definition) is 2. The molecular formula is C13H16N2O3. The Morgan fingerprint density at radius 3 is 2.22 bits per heavy atom. The fourth-order valence-corrected chi connectivity index (χ4v) is 1.26. The highest BCUT2D eigenvalue weighted by Crippen LogP contribution is 2.13. The molecular weight excluding hydrogens is 232 g/mol. The Hall–Kier alpha value is -2.30. The van der Waals surface area contributed by atoms with Crippen LogP contribution in [0.3, 0.4) is 0 Å². The lowest BCUT2D eigenvalue weighted by Crippen LogP contribution is -2.13. The Morgan fingerprint density at radius 2 is 1.72 bits per heavy atom. The first-order valence-corrected chi connectivity index (χ1v) is 5.63. The molecule has 2 N–H and O–H groups in total. The van der Waals surface area contributed by atoms with Gasteiger partial charge in [-0.2, -0.15) is 0 Å². The van der Waals surface area contributed by atoms with Gasteiger partial charge in [-0.3, -0.25) is 10.1 Å². The summed E-state index contributed by atoms with van der Waals surface area (Å²) >= 11 is 0. The standard InChI is InChI=1S/C13H16N2O3/c1-3-5-12(16)14-10-6-8-11(9-7-10)15-13(17)18-4-2/h3,5-9H,4H2,1-2H3,(H,14,16)(H,15,17). The molecule has 0 radical (unpaired) electrons. The van der Waals surface area contributed by atoms with Gasteiger partial charge in [0.15, 0.2) is 0 Å². The average molecular weight is 248 g/mol. The zero-order valence-electron chi connectivity index (χ0n) is 10.4. The van der Waals surface area contributed by atoms with Crippen LogP contribution in [0.15, 0.2) is 36.4 Å². The predicted octanol–water partition coefficient (Wildman–Crippen LogP) is 2.77. The maximum atomic E-state index is 11.3. The van der Waals surface area contributed by atoms with Gasteiger partial charge in [0.1, 0.15) is 0 Å². The van der Waals surface area contributed by atoms with Crippen LogP contribution < -0.4 is 10.6 Å². The second-order valence-corrected chi connectivity index (χ2v) is 3.41. The van der Waals surface area contributed by atoms with E-state index < -0.39 is 6.09 Å². The van der Waals surface area contributed by atoms with Gasteiger partial charge in [0, 0.05) is 11.4 Å². The number of nitrogens with one attached hydrogen (secondary N) is 2. The maximum absolute atomic E-state index is 11.3. The molecule has 0 saturated heterocycles. The van der Waals surface area contributed by atoms with Crippen molar-refractivity contribution in [2.24, 2.45) is 0 Å². The van der Waals surface area contributed by atoms with Gasteiger partial charge in [-0.15, -0.1) is 0 Å². The van der Waals surface area contributed by atoms with Gasteiger partial charge < -0.3 is 10.1 Å². The number of rotatable bonds is 4. The molecule has 5 nitrogen and oxygen atoms in total. The third-order valence-corrected chi connectivity index (χ3v) is 1.99. The van der Waals surface area contributed by atoms with Crippen molar-refractivity contribution >= 4 is 23.4 Å². The maximum Gasteiger partial charge on any atom is 0.411 e. The topological polar surface area (TPSA) is 67.4 Å². The third-order valence-electron chi connectivity index (χ3n) is 1.99. The van der Waals surface area contributed by atoms with Crippen molar-refractivity contribution in [1.82, 2.24) is 0 Å². The number of ether oxygens (including phenoxy) is 1. The molecule has 1 aromatic carbocycles. The fourth-order valence-electron chi connectivity index (χ4n) is 1.26. The summed E-state index contributed by atoms with van der Waals surface area (Å²) in [6.07, 6.45) is 2.60. The van der Waals surface area contributed by atoms with Crippen molar-refractivity contribution in [3.05, 3.63) is 36.4 Å². The number of amides is 2. The molecule has 0 aromatic heterocycles. The van der Waals surface area contributed by atoms with Crippen LogP contribution in [-0.2, 0) is 9.53 Å². The van der Waals surface area contributed by atoms with Crippen LogP contribution in [0.2, 0.25) is 0 Å². The minimum Gasteiger partial charge on any atom is -0.450 e. The molecule has 0 saturated carbocycles. The molecule has 0 heterocycles. The van der Waals surface area contributed by atoms with E-state index >= 15 is 0 Å². The lowest BCUT2D eigenvalue weighted by atomic mass is 10.3. The Morgan fingerprint density at radius 1 is 1.17 bits per heavy atom. The van der Waals surface area contributed by atoms with Crippen LogP contribution in [0.1, 0.15) is 13.8 Å². The summed E-state index contributed by atoms with van der Waals surface area (Å²) in [5.74, 6) is -0.191. The highest BCUT2D eigenvalue weighted by molar-refractivity contribution is 5.99. The molecule has 0 fully saturated rings. The van der Waals surface area contributed by atoms with Gasteiger partial charge in [-0.1, -0.05) is 6.08 Å². The number of carbonyl (C=O) groups is 2. The zero-order valence-corrected chi connectivity index (χ0v) is 10.4. The smallest absolute Gasteiger partial charge is 0.411 e. The van der Waals surface area contributed by atoms with Crippen molar-refractivity contribution < 1.29 is 14.3 Å². The lowest BCUT2D eigenvalue weighted by molar-refractivity contribution is -0.111. The van der Waals surface area contributed by atoms with E-state index in [4.69, 9.17) is 4.74 Å². The molecule has 1 aromatic rings. The highest BCUT2D eigenvalue weighted by atomic mass is 16.5. The molecule has 0 spiro atoms. The summed E-state index contributed by atoms with van der Waals surface area (Å²) in [6, 6.07) is 6.76. The normalized spacial score (nSPS) is 10.1. The predicted molar refractivity (Wildman–Crippen MR) is 70.5 cm³/mol. The molecule has 0 aliphatic rings. The fraction of sp³-hybridized carbons (Fsp3) is 0.231. The van der Waals surface area contributed by atoms with Gasteiger partial charge in [0.25, 0.3) is 0 Å². The highest BCUT2D eigenvalue weighted by Gasteiger charge is 2.02. The van der Waals surface area contributed by atoms with Crippen LogP contribution in [0.5, 0.6) is 0 Å². The first kappa shape index (κ1) is 13.8. The van der Waals surface area contributed by atoms with E-state index in [9.17, 15) is 9.59 Å². The van der Waals surface area contributed by atoms with E-state index in [0.29, 0.717) is 18.0 Å². The van der Waals surface area contributed by atoms with Gasteiger partial charge in [-0.05, 0) is 44.2 Å². The second kappa shape index (κ2) is 7.11. The van der Waals surface area contributed by atoms with E-state index in [1.54, 1.807) is 44.2 Å². The number of allylic oxidation sites excluding steroid dienone is 1. The molecule has 96 valence electrons. The SMILES string of the molecule is CC=CC(=O)Nc1ccc(NC(=O)OCC)cc1. The summed E-state index contributed by atoms with van der Waals surface area (Å²) in [5.41, 5.74) is 1.27. The first-order valence-electron chi connectivity index (χ1n) is 5.63. The van der Waals surface area contributed by atoms with Crippen molar-refractivity contribution in [2.45, 2.75) is 13.8 Å². The summed E-state index contributed by atoms with van der Waals surface area (Å²) in [4.78, 5) is 22.4. The summed E-state index contributed by atoms with van der Waals surface area (Å²) in [7, 11) is 0. The van der Waals surface area contributed by atoms with Gasteiger partial charge >= 0.3 is 6.09 Å². The van der Waals surface area contributed by atoms with Crippen molar-refractivity contribution in [3.63, 3.8) is 0 Å². The van der Waals surface area contributed by atoms with Crippen molar-refractivity contribution in [2.75, 3.05) is 17.2 Å². The second-order valence-electron chi connectivity index (χ2n) is 3.41. The molecule has 1 rings (SSSR count). The first-order chi connectivity index (χ1) is 8.65. The monoisotopic (exact) mass is 248 g/mol. The number of carbonyl (C=O) groups excluding carboxylic acids is 2. The minimum atomic E-state index is -0.497. The van der Waals surface area contributed by atoms with E-state index in [1.165, 1.54) is 6.08 Å². The van der Waals surface area contributed by atoms with Crippen LogP contribution >= 0.6 is 0 Å². The molecule has 2 amide bonds. The third kappa shape index (κ3) is 4.69. The Kier molecular flexibility index (Phi) is 5.44. The van der Waals surface area contributed by atoms with Crippen molar-refractivity contribution in [3.8, 4) is 0 Å². The van der Waals surface area contributed by atoms with E-state index in [-0.39, 0.29) is 5.91 Å². The van der Waals surface area contributed by atoms with E-state index in [2.05, 4.69) is 10.6 Å². The minimum absolute atomic E-state index is 0.191. The van der Waals surface area contributed by atoms with Crippen LogP contribution in [-0.4, -0.2) is 18.6 Å². The van der Waals surface area contributed by atoms with E-state index in [0.717, 1.165) is 0 Å². The number of hydrogen-bond acceptors (Lipinski definition) is 3. The summed E-state index contributed by atoms with van der Waals surface area (Å²) in [5, 5.41) is 5.24. The van der Waals surface area contributed by atoms with Crippen LogP contribution in [0.4, 0.5) is 16.2 Å². The molecule has 18 heavy (non-hydrogen) atoms. The summed E-state index contributed by atoms with van der Waals surface area (Å²) in [6.45, 7) is 3.83. The largest absolute Gasteiger partial charge is 0.450 e. The van der Waals surface area contributed by atoms with Gasteiger partial charge in [-0.25, -0.2) is 4.79 Å². The number of benzene rings is 1. The molecule has 5 heteroatoms. The van der Waals surface area contributed by atoms with Crippen molar-refractivity contribution in [1.29, 1.82) is 0 Å². The van der Waals surface area contributed by atoms with Crippen LogP contribution in [0.25, 0.3) is 0 Å². The van der Waals surface area contributed by atoms with Gasteiger partial charge in [0.05, 0.1) is 6.61 Å². The molecule has 0 atom stereocenters. The average Bonchev–Trinajstić information content (AvgIpc) is 2.32. The van der Waals surface area contributed by atoms with E-state index in [1.807, 2.05) is 0 Å².